The fraction of sp³-hybridized carbons (Fsp3) is 0.107. The fourth-order valence-corrected chi connectivity index (χ4v) is 5.33. The number of sulfonamides is 1. The first-order chi connectivity index (χ1) is 19.0. The van der Waals surface area contributed by atoms with E-state index in [1.54, 1.807) is 55.5 Å². The quantitative estimate of drug-likeness (QED) is 0.226. The number of carbonyl (C=O) groups excluding carboxylic acids is 1. The molecule has 0 aliphatic carbocycles. The molecule has 40 heavy (non-hydrogen) atoms. The molecule has 9 nitrogen and oxygen atoms in total. The number of amides is 3. The van der Waals surface area contributed by atoms with Crippen molar-refractivity contribution in [3.05, 3.63) is 114 Å². The first kappa shape index (κ1) is 28.2. The lowest BCUT2D eigenvalue weighted by Crippen LogP contribution is -2.42. The monoisotopic (exact) mass is 566 g/mol. The summed E-state index contributed by atoms with van der Waals surface area (Å²) >= 11 is 0. The molecule has 0 radical (unpaired) electrons. The molecule has 4 N–H and O–H groups in total. The van der Waals surface area contributed by atoms with Crippen LogP contribution in [0.4, 0.5) is 24.1 Å². The van der Waals surface area contributed by atoms with E-state index in [9.17, 15) is 26.8 Å². The van der Waals surface area contributed by atoms with Gasteiger partial charge in [0.1, 0.15) is 11.6 Å². The zero-order chi connectivity index (χ0) is 28.9. The van der Waals surface area contributed by atoms with Crippen molar-refractivity contribution >= 4 is 27.8 Å². The van der Waals surface area contributed by atoms with Crippen LogP contribution in [0.15, 0.2) is 90.0 Å². The summed E-state index contributed by atoms with van der Waals surface area (Å²) in [5, 5.41) is 13.7. The average Bonchev–Trinajstić information content (AvgIpc) is 2.88. The number of pyridine rings is 1. The summed E-state index contributed by atoms with van der Waals surface area (Å²) in [5.41, 5.74) is 2.53. The Hall–Kier alpha value is -4.84. The number of rotatable bonds is 8. The van der Waals surface area contributed by atoms with Crippen LogP contribution in [-0.4, -0.2) is 30.6 Å². The Morgan fingerprint density at radius 1 is 0.950 bits per heavy atom. The van der Waals surface area contributed by atoms with Gasteiger partial charge in [-0.3, -0.25) is 10.3 Å². The van der Waals surface area contributed by atoms with Crippen molar-refractivity contribution < 1.29 is 31.9 Å². The van der Waals surface area contributed by atoms with E-state index in [2.05, 4.69) is 15.6 Å². The van der Waals surface area contributed by atoms with Crippen LogP contribution >= 0.6 is 0 Å². The van der Waals surface area contributed by atoms with Gasteiger partial charge in [0.25, 0.3) is 10.0 Å². The Morgan fingerprint density at radius 2 is 1.62 bits per heavy atom. The van der Waals surface area contributed by atoms with E-state index in [1.807, 2.05) is 4.72 Å². The van der Waals surface area contributed by atoms with Gasteiger partial charge in [-0.05, 0) is 60.0 Å². The largest absolute Gasteiger partial charge is 0.465 e. The van der Waals surface area contributed by atoms with Crippen molar-refractivity contribution in [3.8, 4) is 11.1 Å². The topological polar surface area (TPSA) is 137 Å². The minimum Gasteiger partial charge on any atom is -0.465 e. The molecule has 1 unspecified atom stereocenters. The number of nitrogens with zero attached hydrogens (tertiary/aromatic N) is 1. The van der Waals surface area contributed by atoms with Crippen LogP contribution in [0.3, 0.4) is 0 Å². The molecule has 12 heteroatoms. The third kappa shape index (κ3) is 6.97. The Bertz CT molecular complexity index is 1640. The Kier molecular flexibility index (Phi) is 8.39. The maximum atomic E-state index is 14.1. The molecule has 1 aromatic heterocycles. The van der Waals surface area contributed by atoms with Gasteiger partial charge in [-0.25, -0.2) is 31.5 Å². The molecular formula is C28H24F2N4O5S. The molecule has 4 rings (SSSR count). The van der Waals surface area contributed by atoms with E-state index in [0.29, 0.717) is 34.1 Å². The molecule has 3 aromatic carbocycles. The summed E-state index contributed by atoms with van der Waals surface area (Å²) in [6.07, 6.45) is 0.228. The third-order valence-corrected chi connectivity index (χ3v) is 7.43. The summed E-state index contributed by atoms with van der Waals surface area (Å²) in [5.74, 6) is -1.75. The van der Waals surface area contributed by atoms with E-state index in [4.69, 9.17) is 5.11 Å². The van der Waals surface area contributed by atoms with Crippen molar-refractivity contribution in [2.75, 3.05) is 5.32 Å². The zero-order valence-electron chi connectivity index (χ0n) is 21.1. The van der Waals surface area contributed by atoms with E-state index in [0.717, 1.165) is 12.1 Å². The number of aromatic nitrogens is 1. The lowest BCUT2D eigenvalue weighted by atomic mass is 9.96. The standard InChI is InChI=1S/C28H24F2N4O5S/c1-17-5-2-3-7-26(17)40(38,39)34-27(35)33-24(19-13-20(29)15-21(30)14-19)16-25-23(6-4-12-31-25)18-8-10-22(11-9-18)32-28(36)37/h2-15,24,32H,16H2,1H3,(H,36,37)(H2,33,34,35). The number of carbonyl (C=O) groups is 2. The summed E-state index contributed by atoms with van der Waals surface area (Å²) < 4.78 is 55.9. The lowest BCUT2D eigenvalue weighted by molar-refractivity contribution is 0.209. The van der Waals surface area contributed by atoms with Gasteiger partial charge in [0.05, 0.1) is 16.6 Å². The van der Waals surface area contributed by atoms with Gasteiger partial charge in [-0.1, -0.05) is 36.4 Å². The number of nitrogens with one attached hydrogen (secondary N) is 3. The van der Waals surface area contributed by atoms with E-state index in [1.165, 1.54) is 18.3 Å². The summed E-state index contributed by atoms with van der Waals surface area (Å²) in [7, 11) is -4.24. The molecule has 0 aliphatic heterocycles. The minimum atomic E-state index is -4.24. The van der Waals surface area contributed by atoms with Gasteiger partial charge in [0.15, 0.2) is 0 Å². The van der Waals surface area contributed by atoms with Gasteiger partial charge in [-0.2, -0.15) is 0 Å². The molecule has 0 saturated carbocycles. The van der Waals surface area contributed by atoms with Gasteiger partial charge in [0, 0.05) is 29.9 Å². The second-order valence-electron chi connectivity index (χ2n) is 8.81. The lowest BCUT2D eigenvalue weighted by Gasteiger charge is -2.21. The molecule has 1 heterocycles. The first-order valence-electron chi connectivity index (χ1n) is 11.9. The molecule has 3 amide bonds. The normalized spacial score (nSPS) is 11.9. The molecular weight excluding hydrogens is 542 g/mol. The van der Waals surface area contributed by atoms with Gasteiger partial charge in [-0.15, -0.1) is 0 Å². The highest BCUT2D eigenvalue weighted by atomic mass is 32.2. The molecule has 0 fully saturated rings. The number of hydrogen-bond acceptors (Lipinski definition) is 5. The summed E-state index contributed by atoms with van der Waals surface area (Å²) in [6, 6.07) is 16.5. The van der Waals surface area contributed by atoms with Crippen molar-refractivity contribution in [1.82, 2.24) is 15.0 Å². The number of carboxylic acid groups (broad SMARTS) is 1. The van der Waals surface area contributed by atoms with E-state index >= 15 is 0 Å². The van der Waals surface area contributed by atoms with Crippen LogP contribution in [0.5, 0.6) is 0 Å². The highest BCUT2D eigenvalue weighted by Crippen LogP contribution is 2.28. The minimum absolute atomic E-state index is 0.0542. The molecule has 1 atom stereocenters. The van der Waals surface area contributed by atoms with Crippen LogP contribution in [-0.2, 0) is 16.4 Å². The number of urea groups is 1. The first-order valence-corrected chi connectivity index (χ1v) is 13.4. The Morgan fingerprint density at radius 3 is 2.27 bits per heavy atom. The number of benzene rings is 3. The van der Waals surface area contributed by atoms with Gasteiger partial charge < -0.3 is 10.4 Å². The Labute approximate surface area is 229 Å². The third-order valence-electron chi connectivity index (χ3n) is 5.94. The predicted molar refractivity (Wildman–Crippen MR) is 144 cm³/mol. The average molecular weight is 567 g/mol. The number of aryl methyl sites for hydroxylation is 1. The van der Waals surface area contributed by atoms with Crippen LogP contribution < -0.4 is 15.4 Å². The van der Waals surface area contributed by atoms with Crippen molar-refractivity contribution in [2.24, 2.45) is 0 Å². The van der Waals surface area contributed by atoms with Crippen molar-refractivity contribution in [3.63, 3.8) is 0 Å². The highest BCUT2D eigenvalue weighted by molar-refractivity contribution is 7.90. The smallest absolute Gasteiger partial charge is 0.409 e. The van der Waals surface area contributed by atoms with Crippen LogP contribution in [0, 0.1) is 18.6 Å². The van der Waals surface area contributed by atoms with Crippen LogP contribution in [0.25, 0.3) is 11.1 Å². The number of halogens is 2. The second kappa shape index (κ2) is 11.9. The maximum absolute atomic E-state index is 14.1. The number of anilines is 1. The highest BCUT2D eigenvalue weighted by Gasteiger charge is 2.24. The fourth-order valence-electron chi connectivity index (χ4n) is 4.16. The summed E-state index contributed by atoms with van der Waals surface area (Å²) in [4.78, 5) is 28.1. The number of hydrogen-bond donors (Lipinski definition) is 4. The zero-order valence-corrected chi connectivity index (χ0v) is 21.9. The second-order valence-corrected chi connectivity index (χ2v) is 10.5. The molecule has 0 aliphatic rings. The van der Waals surface area contributed by atoms with Crippen LogP contribution in [0.2, 0.25) is 0 Å². The van der Waals surface area contributed by atoms with Crippen molar-refractivity contribution in [2.45, 2.75) is 24.3 Å². The van der Waals surface area contributed by atoms with Gasteiger partial charge >= 0.3 is 12.1 Å². The van der Waals surface area contributed by atoms with Crippen LogP contribution in [0.1, 0.15) is 22.9 Å². The Balaban J connectivity index is 1.65. The van der Waals surface area contributed by atoms with Crippen molar-refractivity contribution in [1.29, 1.82) is 0 Å². The SMILES string of the molecule is Cc1ccccc1S(=O)(=O)NC(=O)NC(Cc1ncccc1-c1ccc(NC(=O)O)cc1)c1cc(F)cc(F)c1. The molecule has 0 bridgehead atoms. The maximum Gasteiger partial charge on any atom is 0.409 e. The van der Waals surface area contributed by atoms with Gasteiger partial charge in [0.2, 0.25) is 0 Å². The summed E-state index contributed by atoms with van der Waals surface area (Å²) in [6.45, 7) is 1.58. The molecule has 4 aromatic rings. The molecule has 206 valence electrons. The molecule has 0 saturated heterocycles. The van der Waals surface area contributed by atoms with E-state index in [-0.39, 0.29) is 16.9 Å². The predicted octanol–water partition coefficient (Wildman–Crippen LogP) is 5.40. The van der Waals surface area contributed by atoms with E-state index < -0.39 is 39.8 Å². The molecule has 0 spiro atoms.